The lowest BCUT2D eigenvalue weighted by molar-refractivity contribution is 0.0940. The fourth-order valence-corrected chi connectivity index (χ4v) is 4.26. The molecule has 0 unspecified atom stereocenters. The Morgan fingerprint density at radius 1 is 1.00 bits per heavy atom. The van der Waals surface area contributed by atoms with Crippen LogP contribution in [0.15, 0.2) is 82.6 Å². The van der Waals surface area contributed by atoms with Crippen molar-refractivity contribution in [3.63, 3.8) is 0 Å². The van der Waals surface area contributed by atoms with Gasteiger partial charge >= 0.3 is 0 Å². The van der Waals surface area contributed by atoms with E-state index < -0.39 is 10.0 Å². The molecule has 0 aliphatic carbocycles. The van der Waals surface area contributed by atoms with Crippen LogP contribution in [-0.2, 0) is 15.8 Å². The van der Waals surface area contributed by atoms with Crippen molar-refractivity contribution in [3.8, 4) is 0 Å². The molecule has 0 saturated carbocycles. The first-order chi connectivity index (χ1) is 14.2. The average Bonchev–Trinajstić information content (AvgIpc) is 2.73. The van der Waals surface area contributed by atoms with E-state index in [0.717, 1.165) is 21.8 Å². The number of carbonyl (C=O) groups is 1. The normalized spacial score (nSPS) is 12.4. The van der Waals surface area contributed by atoms with Crippen LogP contribution in [0.1, 0.15) is 34.5 Å². The topological polar surface area (TPSA) is 89.3 Å². The third-order valence-electron chi connectivity index (χ3n) is 4.49. The Morgan fingerprint density at radius 2 is 1.60 bits per heavy atom. The molecule has 30 heavy (non-hydrogen) atoms. The number of carbonyl (C=O) groups excluding carboxylic acids is 1. The first-order valence-corrected chi connectivity index (χ1v) is 12.0. The fourth-order valence-electron chi connectivity index (χ4n) is 2.76. The molecule has 3 rings (SSSR count). The Balaban J connectivity index is 1.58. The van der Waals surface area contributed by atoms with E-state index in [1.807, 2.05) is 43.3 Å². The summed E-state index contributed by atoms with van der Waals surface area (Å²) >= 11 is 7.60. The molecule has 3 N–H and O–H groups in total. The zero-order valence-corrected chi connectivity index (χ0v) is 18.6. The smallest absolute Gasteiger partial charge is 0.251 e. The Kier molecular flexibility index (Phi) is 7.20. The number of nitrogens with one attached hydrogen (secondary N) is 1. The van der Waals surface area contributed by atoms with Crippen molar-refractivity contribution in [2.24, 2.45) is 5.14 Å². The summed E-state index contributed by atoms with van der Waals surface area (Å²) in [6.45, 7) is 1.83. The lowest BCUT2D eigenvalue weighted by Gasteiger charge is -2.15. The van der Waals surface area contributed by atoms with Crippen molar-refractivity contribution in [1.29, 1.82) is 0 Å². The number of benzene rings is 3. The molecule has 0 radical (unpaired) electrons. The van der Waals surface area contributed by atoms with Crippen molar-refractivity contribution in [2.75, 3.05) is 0 Å². The summed E-state index contributed by atoms with van der Waals surface area (Å²) in [4.78, 5) is 13.7. The Labute approximate surface area is 185 Å². The van der Waals surface area contributed by atoms with E-state index in [-0.39, 0.29) is 16.8 Å². The van der Waals surface area contributed by atoms with Gasteiger partial charge in [0.05, 0.1) is 10.9 Å². The highest BCUT2D eigenvalue weighted by Crippen LogP contribution is 2.24. The average molecular weight is 461 g/mol. The van der Waals surface area contributed by atoms with E-state index in [0.29, 0.717) is 10.6 Å². The second-order valence-electron chi connectivity index (χ2n) is 6.75. The van der Waals surface area contributed by atoms with Gasteiger partial charge in [-0.25, -0.2) is 13.6 Å². The number of primary sulfonamides is 1. The molecule has 8 heteroatoms. The van der Waals surface area contributed by atoms with Gasteiger partial charge in [-0.3, -0.25) is 4.79 Å². The van der Waals surface area contributed by atoms with Crippen molar-refractivity contribution < 1.29 is 13.2 Å². The van der Waals surface area contributed by atoms with Gasteiger partial charge in [0.15, 0.2) is 0 Å². The standard InChI is InChI=1S/C22H21ClN2O3S2/c1-15(17-6-12-21(13-7-17)30(24,27)28)25-22(26)18-4-2-16(3-5-18)14-29-20-10-8-19(23)9-11-20/h2-13,15H,14H2,1H3,(H,25,26)(H2,24,27,28)/t15-/m1/s1. The van der Waals surface area contributed by atoms with Crippen LogP contribution in [0.3, 0.4) is 0 Å². The molecule has 3 aromatic rings. The van der Waals surface area contributed by atoms with Crippen molar-refractivity contribution in [1.82, 2.24) is 5.32 Å². The summed E-state index contributed by atoms with van der Waals surface area (Å²) in [6.07, 6.45) is 0. The summed E-state index contributed by atoms with van der Waals surface area (Å²) in [5.41, 5.74) is 2.45. The summed E-state index contributed by atoms with van der Waals surface area (Å²) in [7, 11) is -3.73. The molecule has 0 fully saturated rings. The third kappa shape index (κ3) is 6.09. The van der Waals surface area contributed by atoms with Crippen LogP contribution in [0.2, 0.25) is 5.02 Å². The van der Waals surface area contributed by atoms with Gasteiger partial charge in [-0.15, -0.1) is 11.8 Å². The monoisotopic (exact) mass is 460 g/mol. The summed E-state index contributed by atoms with van der Waals surface area (Å²) in [6, 6.07) is 21.0. The number of halogens is 1. The molecular formula is C22H21ClN2O3S2. The Morgan fingerprint density at radius 3 is 2.17 bits per heavy atom. The van der Waals surface area contributed by atoms with Gasteiger partial charge in [-0.1, -0.05) is 35.9 Å². The Hall–Kier alpha value is -2.32. The van der Waals surface area contributed by atoms with E-state index in [1.165, 1.54) is 12.1 Å². The van der Waals surface area contributed by atoms with Crippen LogP contribution in [0.4, 0.5) is 0 Å². The van der Waals surface area contributed by atoms with Gasteiger partial charge in [0.1, 0.15) is 0 Å². The second kappa shape index (κ2) is 9.66. The maximum absolute atomic E-state index is 12.5. The van der Waals surface area contributed by atoms with Gasteiger partial charge in [0, 0.05) is 21.2 Å². The molecule has 0 aromatic heterocycles. The molecule has 0 heterocycles. The molecule has 156 valence electrons. The molecule has 1 atom stereocenters. The van der Waals surface area contributed by atoms with Gasteiger partial charge in [0.25, 0.3) is 5.91 Å². The number of thioether (sulfide) groups is 1. The molecule has 5 nitrogen and oxygen atoms in total. The van der Waals surface area contributed by atoms with E-state index in [4.69, 9.17) is 16.7 Å². The minimum Gasteiger partial charge on any atom is -0.346 e. The fraction of sp³-hybridized carbons (Fsp3) is 0.136. The quantitative estimate of drug-likeness (QED) is 0.497. The molecule has 0 bridgehead atoms. The molecule has 0 saturated heterocycles. The third-order valence-corrected chi connectivity index (χ3v) is 6.76. The van der Waals surface area contributed by atoms with Gasteiger partial charge < -0.3 is 5.32 Å². The lowest BCUT2D eigenvalue weighted by Crippen LogP contribution is -2.26. The zero-order chi connectivity index (χ0) is 21.7. The van der Waals surface area contributed by atoms with E-state index in [2.05, 4.69) is 5.32 Å². The summed E-state index contributed by atoms with van der Waals surface area (Å²) in [5.74, 6) is 0.589. The number of rotatable bonds is 7. The predicted octanol–water partition coefficient (Wildman–Crippen LogP) is 4.77. The Bertz CT molecular complexity index is 1110. The van der Waals surface area contributed by atoms with Gasteiger partial charge in [-0.05, 0) is 66.6 Å². The van der Waals surface area contributed by atoms with Crippen molar-refractivity contribution in [2.45, 2.75) is 28.5 Å². The first-order valence-electron chi connectivity index (χ1n) is 9.13. The minimum atomic E-state index is -3.73. The van der Waals surface area contributed by atoms with Crippen molar-refractivity contribution >= 4 is 39.3 Å². The second-order valence-corrected chi connectivity index (χ2v) is 9.80. The van der Waals surface area contributed by atoms with E-state index >= 15 is 0 Å². The number of amides is 1. The number of hydrogen-bond acceptors (Lipinski definition) is 4. The van der Waals surface area contributed by atoms with Crippen LogP contribution in [0.25, 0.3) is 0 Å². The summed E-state index contributed by atoms with van der Waals surface area (Å²) in [5, 5.41) is 8.74. The molecule has 1 amide bonds. The van der Waals surface area contributed by atoms with E-state index in [9.17, 15) is 13.2 Å². The van der Waals surface area contributed by atoms with Crippen LogP contribution >= 0.6 is 23.4 Å². The largest absolute Gasteiger partial charge is 0.346 e. The molecular weight excluding hydrogens is 440 g/mol. The lowest BCUT2D eigenvalue weighted by atomic mass is 10.1. The molecule has 0 aliphatic heterocycles. The molecule has 3 aromatic carbocycles. The van der Waals surface area contributed by atoms with Gasteiger partial charge in [0.2, 0.25) is 10.0 Å². The maximum Gasteiger partial charge on any atom is 0.251 e. The zero-order valence-electron chi connectivity index (χ0n) is 16.2. The highest BCUT2D eigenvalue weighted by molar-refractivity contribution is 7.98. The number of sulfonamides is 1. The van der Waals surface area contributed by atoms with Gasteiger partial charge in [-0.2, -0.15) is 0 Å². The van der Waals surface area contributed by atoms with Crippen LogP contribution < -0.4 is 10.5 Å². The van der Waals surface area contributed by atoms with Crippen LogP contribution in [0.5, 0.6) is 0 Å². The maximum atomic E-state index is 12.5. The van der Waals surface area contributed by atoms with E-state index in [1.54, 1.807) is 36.0 Å². The predicted molar refractivity (Wildman–Crippen MR) is 121 cm³/mol. The first kappa shape index (κ1) is 22.4. The highest BCUT2D eigenvalue weighted by atomic mass is 35.5. The number of nitrogens with two attached hydrogens (primary N) is 1. The van der Waals surface area contributed by atoms with Crippen LogP contribution in [-0.4, -0.2) is 14.3 Å². The van der Waals surface area contributed by atoms with Crippen LogP contribution in [0, 0.1) is 0 Å². The van der Waals surface area contributed by atoms with Crippen molar-refractivity contribution in [3.05, 3.63) is 94.5 Å². The minimum absolute atomic E-state index is 0.0387. The number of hydrogen-bond donors (Lipinski definition) is 2. The SMILES string of the molecule is C[C@@H](NC(=O)c1ccc(CSc2ccc(Cl)cc2)cc1)c1ccc(S(N)(=O)=O)cc1. The highest BCUT2D eigenvalue weighted by Gasteiger charge is 2.13. The molecule has 0 aliphatic rings. The summed E-state index contributed by atoms with van der Waals surface area (Å²) < 4.78 is 22.7. The molecule has 0 spiro atoms.